The summed E-state index contributed by atoms with van der Waals surface area (Å²) < 4.78 is 25.1. The van der Waals surface area contributed by atoms with Crippen molar-refractivity contribution in [2.75, 3.05) is 5.32 Å². The van der Waals surface area contributed by atoms with E-state index in [1.54, 1.807) is 18.3 Å². The molecular formula is C17H19BClFN2O2. The van der Waals surface area contributed by atoms with E-state index in [2.05, 4.69) is 10.3 Å². The van der Waals surface area contributed by atoms with Crippen LogP contribution < -0.4 is 10.8 Å². The summed E-state index contributed by atoms with van der Waals surface area (Å²) in [6.45, 7) is 7.98. The minimum absolute atomic E-state index is 0.296. The first-order valence-corrected chi connectivity index (χ1v) is 8.09. The lowest BCUT2D eigenvalue weighted by Crippen LogP contribution is -2.41. The molecule has 126 valence electrons. The molecule has 0 unspecified atom stereocenters. The first kappa shape index (κ1) is 17.2. The first-order chi connectivity index (χ1) is 11.2. The van der Waals surface area contributed by atoms with Crippen LogP contribution in [0, 0.1) is 5.82 Å². The number of benzene rings is 1. The van der Waals surface area contributed by atoms with Crippen molar-refractivity contribution in [1.82, 2.24) is 4.98 Å². The smallest absolute Gasteiger partial charge is 0.399 e. The molecule has 0 bridgehead atoms. The van der Waals surface area contributed by atoms with E-state index in [1.165, 1.54) is 12.1 Å². The maximum absolute atomic E-state index is 13.0. The van der Waals surface area contributed by atoms with Crippen LogP contribution in [0.4, 0.5) is 15.8 Å². The molecule has 0 amide bonds. The molecule has 1 aliphatic heterocycles. The maximum Gasteiger partial charge on any atom is 0.496 e. The number of nitrogens with zero attached hydrogens (tertiary/aromatic N) is 1. The minimum atomic E-state index is -0.520. The molecule has 1 fully saturated rings. The van der Waals surface area contributed by atoms with Gasteiger partial charge in [-0.25, -0.2) is 9.37 Å². The van der Waals surface area contributed by atoms with E-state index in [4.69, 9.17) is 20.9 Å². The minimum Gasteiger partial charge on any atom is -0.399 e. The molecule has 0 aliphatic carbocycles. The van der Waals surface area contributed by atoms with Gasteiger partial charge in [0.15, 0.2) is 5.15 Å². The molecule has 1 saturated heterocycles. The van der Waals surface area contributed by atoms with Gasteiger partial charge in [-0.15, -0.1) is 0 Å². The Kier molecular flexibility index (Phi) is 4.32. The second kappa shape index (κ2) is 6.03. The molecule has 2 aromatic rings. The Hall–Kier alpha value is -1.63. The molecular weight excluding hydrogens is 329 g/mol. The van der Waals surface area contributed by atoms with Crippen molar-refractivity contribution < 1.29 is 13.7 Å². The fourth-order valence-electron chi connectivity index (χ4n) is 2.35. The Labute approximate surface area is 146 Å². The van der Waals surface area contributed by atoms with Crippen molar-refractivity contribution in [1.29, 1.82) is 0 Å². The zero-order chi connectivity index (χ0) is 17.5. The van der Waals surface area contributed by atoms with Crippen molar-refractivity contribution in [3.8, 4) is 0 Å². The number of aromatic nitrogens is 1. The van der Waals surface area contributed by atoms with Crippen LogP contribution in [0.25, 0.3) is 0 Å². The van der Waals surface area contributed by atoms with Gasteiger partial charge in [-0.05, 0) is 58.0 Å². The van der Waals surface area contributed by atoms with E-state index in [1.807, 2.05) is 33.8 Å². The largest absolute Gasteiger partial charge is 0.496 e. The van der Waals surface area contributed by atoms with Crippen molar-refractivity contribution >= 4 is 35.6 Å². The Balaban J connectivity index is 1.86. The SMILES string of the molecule is CC1(C)OB(c2cnc(Cl)c(Nc3ccc(F)cc3)c2)OC1(C)C. The number of hydrogen-bond donors (Lipinski definition) is 1. The zero-order valence-corrected chi connectivity index (χ0v) is 14.8. The van der Waals surface area contributed by atoms with Crippen LogP contribution in [-0.2, 0) is 9.31 Å². The summed E-state index contributed by atoms with van der Waals surface area (Å²) >= 11 is 6.17. The highest BCUT2D eigenvalue weighted by Crippen LogP contribution is 2.36. The molecule has 1 N–H and O–H groups in total. The first-order valence-electron chi connectivity index (χ1n) is 7.72. The number of pyridine rings is 1. The van der Waals surface area contributed by atoms with Crippen LogP contribution in [0.1, 0.15) is 27.7 Å². The Morgan fingerprint density at radius 2 is 1.67 bits per heavy atom. The molecule has 2 heterocycles. The van der Waals surface area contributed by atoms with Crippen LogP contribution in [0.15, 0.2) is 36.5 Å². The highest BCUT2D eigenvalue weighted by atomic mass is 35.5. The van der Waals surface area contributed by atoms with Crippen LogP contribution in [0.5, 0.6) is 0 Å². The van der Waals surface area contributed by atoms with Gasteiger partial charge in [0.25, 0.3) is 0 Å². The molecule has 4 nitrogen and oxygen atoms in total. The summed E-state index contributed by atoms with van der Waals surface area (Å²) in [6.07, 6.45) is 1.64. The molecule has 1 aliphatic rings. The molecule has 0 radical (unpaired) electrons. The van der Waals surface area contributed by atoms with Crippen molar-refractivity contribution in [3.63, 3.8) is 0 Å². The number of rotatable bonds is 3. The fourth-order valence-corrected chi connectivity index (χ4v) is 2.50. The van der Waals surface area contributed by atoms with Gasteiger partial charge < -0.3 is 14.6 Å². The zero-order valence-electron chi connectivity index (χ0n) is 14.1. The van der Waals surface area contributed by atoms with Gasteiger partial charge in [0, 0.05) is 17.3 Å². The van der Waals surface area contributed by atoms with Gasteiger partial charge in [0.05, 0.1) is 16.9 Å². The van der Waals surface area contributed by atoms with Gasteiger partial charge in [-0.2, -0.15) is 0 Å². The normalized spacial score (nSPS) is 18.7. The molecule has 3 rings (SSSR count). The third kappa shape index (κ3) is 3.27. The summed E-state index contributed by atoms with van der Waals surface area (Å²) in [4.78, 5) is 4.20. The lowest BCUT2D eigenvalue weighted by Gasteiger charge is -2.32. The maximum atomic E-state index is 13.0. The molecule has 1 aromatic heterocycles. The molecule has 0 atom stereocenters. The summed E-state index contributed by atoms with van der Waals surface area (Å²) in [7, 11) is -0.520. The number of halogens is 2. The molecule has 0 spiro atoms. The lowest BCUT2D eigenvalue weighted by molar-refractivity contribution is 0.00578. The van der Waals surface area contributed by atoms with Crippen molar-refractivity contribution in [2.24, 2.45) is 0 Å². The van der Waals surface area contributed by atoms with Crippen LogP contribution >= 0.6 is 11.6 Å². The Morgan fingerprint density at radius 1 is 1.08 bits per heavy atom. The lowest BCUT2D eigenvalue weighted by atomic mass is 9.80. The molecule has 24 heavy (non-hydrogen) atoms. The fraction of sp³-hybridized carbons (Fsp3) is 0.353. The average molecular weight is 349 g/mol. The predicted octanol–water partition coefficient (Wildman–Crippen LogP) is 3.92. The van der Waals surface area contributed by atoms with Gasteiger partial charge >= 0.3 is 7.12 Å². The van der Waals surface area contributed by atoms with E-state index in [0.29, 0.717) is 16.5 Å². The standard InChI is InChI=1S/C17H19BClFN2O2/c1-16(2)17(3,4)24-18(23-16)11-9-14(15(19)21-10-11)22-13-7-5-12(20)6-8-13/h5-10,22H,1-4H3. The van der Waals surface area contributed by atoms with Crippen molar-refractivity contribution in [3.05, 3.63) is 47.5 Å². The summed E-state index contributed by atoms with van der Waals surface area (Å²) in [6, 6.07) is 7.85. The summed E-state index contributed by atoms with van der Waals surface area (Å²) in [5.41, 5.74) is 1.23. The Bertz CT molecular complexity index is 737. The van der Waals surface area contributed by atoms with Gasteiger partial charge in [0.1, 0.15) is 5.82 Å². The highest BCUT2D eigenvalue weighted by Gasteiger charge is 2.51. The third-order valence-corrected chi connectivity index (χ3v) is 4.81. The molecule has 1 aromatic carbocycles. The molecule has 7 heteroatoms. The van der Waals surface area contributed by atoms with E-state index < -0.39 is 18.3 Å². The topological polar surface area (TPSA) is 43.4 Å². The highest BCUT2D eigenvalue weighted by molar-refractivity contribution is 6.62. The van der Waals surface area contributed by atoms with Crippen LogP contribution in [-0.4, -0.2) is 23.3 Å². The van der Waals surface area contributed by atoms with E-state index in [9.17, 15) is 4.39 Å². The second-order valence-corrected chi connectivity index (χ2v) is 7.19. The number of hydrogen-bond acceptors (Lipinski definition) is 4. The third-order valence-electron chi connectivity index (χ3n) is 4.51. The van der Waals surface area contributed by atoms with Gasteiger partial charge in [-0.1, -0.05) is 11.6 Å². The Morgan fingerprint density at radius 3 is 2.25 bits per heavy atom. The number of anilines is 2. The van der Waals surface area contributed by atoms with Crippen LogP contribution in [0.3, 0.4) is 0 Å². The average Bonchev–Trinajstić information content (AvgIpc) is 2.72. The monoisotopic (exact) mass is 348 g/mol. The number of nitrogens with one attached hydrogen (secondary N) is 1. The van der Waals surface area contributed by atoms with Gasteiger partial charge in [0.2, 0.25) is 0 Å². The van der Waals surface area contributed by atoms with E-state index >= 15 is 0 Å². The van der Waals surface area contributed by atoms with E-state index in [0.717, 1.165) is 5.46 Å². The van der Waals surface area contributed by atoms with Crippen molar-refractivity contribution in [2.45, 2.75) is 38.9 Å². The predicted molar refractivity (Wildman–Crippen MR) is 94.6 cm³/mol. The van der Waals surface area contributed by atoms with Gasteiger partial charge in [-0.3, -0.25) is 0 Å². The molecule has 0 saturated carbocycles. The van der Waals surface area contributed by atoms with Crippen LogP contribution in [0.2, 0.25) is 5.15 Å². The summed E-state index contributed by atoms with van der Waals surface area (Å²) in [5, 5.41) is 3.45. The summed E-state index contributed by atoms with van der Waals surface area (Å²) in [5.74, 6) is -0.296. The van der Waals surface area contributed by atoms with E-state index in [-0.39, 0.29) is 5.82 Å². The second-order valence-electron chi connectivity index (χ2n) is 6.83. The quantitative estimate of drug-likeness (QED) is 0.674.